The van der Waals surface area contributed by atoms with Crippen LogP contribution in [-0.2, 0) is 0 Å². The van der Waals surface area contributed by atoms with Gasteiger partial charge in [-0.2, -0.15) is 0 Å². The summed E-state index contributed by atoms with van der Waals surface area (Å²) in [5.74, 6) is 0.0195. The van der Waals surface area contributed by atoms with E-state index in [1.165, 1.54) is 0 Å². The topological polar surface area (TPSA) is 69.6 Å². The lowest BCUT2D eigenvalue weighted by Crippen LogP contribution is -2.32. The summed E-state index contributed by atoms with van der Waals surface area (Å²) in [4.78, 5) is 10.0. The van der Waals surface area contributed by atoms with Crippen molar-refractivity contribution in [3.05, 3.63) is 0 Å². The van der Waals surface area contributed by atoms with Gasteiger partial charge in [0.2, 0.25) is 0 Å². The van der Waals surface area contributed by atoms with Gasteiger partial charge in [-0.05, 0) is 13.3 Å². The first-order valence-corrected chi connectivity index (χ1v) is 3.72. The fraction of sp³-hybridized carbons (Fsp3) is 0.857. The molecule has 4 nitrogen and oxygen atoms in total. The zero-order valence-electron chi connectivity index (χ0n) is 6.87. The van der Waals surface area contributed by atoms with E-state index >= 15 is 0 Å². The predicted molar refractivity (Wildman–Crippen MR) is 41.5 cm³/mol. The molecule has 3 N–H and O–H groups in total. The van der Waals surface area contributed by atoms with Crippen molar-refractivity contribution >= 4 is 6.09 Å². The van der Waals surface area contributed by atoms with E-state index in [1.807, 2.05) is 6.92 Å². The molecule has 0 radical (unpaired) electrons. The normalized spacial score (nSPS) is 15.5. The van der Waals surface area contributed by atoms with Gasteiger partial charge in [0.15, 0.2) is 0 Å². The van der Waals surface area contributed by atoms with Crippen molar-refractivity contribution in [2.75, 3.05) is 6.54 Å². The molecule has 0 aromatic carbocycles. The summed E-state index contributed by atoms with van der Waals surface area (Å²) < 4.78 is 0. The summed E-state index contributed by atoms with van der Waals surface area (Å²) in [6.07, 6.45) is -0.714. The molecule has 11 heavy (non-hydrogen) atoms. The van der Waals surface area contributed by atoms with Crippen LogP contribution in [0.25, 0.3) is 0 Å². The highest BCUT2D eigenvalue weighted by atomic mass is 16.4. The number of carboxylic acid groups (broad SMARTS) is 1. The van der Waals surface area contributed by atoms with E-state index in [9.17, 15) is 4.79 Å². The van der Waals surface area contributed by atoms with Crippen molar-refractivity contribution in [2.45, 2.75) is 26.4 Å². The summed E-state index contributed by atoms with van der Waals surface area (Å²) in [5, 5.41) is 19.6. The Kier molecular flexibility index (Phi) is 4.61. The first-order chi connectivity index (χ1) is 5.07. The second kappa shape index (κ2) is 4.96. The molecule has 0 aromatic heterocycles. The van der Waals surface area contributed by atoms with Gasteiger partial charge in [-0.15, -0.1) is 0 Å². The van der Waals surface area contributed by atoms with E-state index in [-0.39, 0.29) is 5.92 Å². The van der Waals surface area contributed by atoms with Crippen LogP contribution in [0.3, 0.4) is 0 Å². The third kappa shape index (κ3) is 4.61. The molecule has 0 spiro atoms. The summed E-state index contributed by atoms with van der Waals surface area (Å²) in [6.45, 7) is 3.90. The van der Waals surface area contributed by atoms with Crippen LogP contribution in [0.1, 0.15) is 20.3 Å². The lowest BCUT2D eigenvalue weighted by atomic mass is 10.0. The van der Waals surface area contributed by atoms with E-state index in [4.69, 9.17) is 10.2 Å². The van der Waals surface area contributed by atoms with E-state index in [0.717, 1.165) is 6.42 Å². The molecule has 0 saturated carbocycles. The maximum absolute atomic E-state index is 10.0. The number of carbonyl (C=O) groups is 1. The number of aliphatic hydroxyl groups excluding tert-OH is 1. The van der Waals surface area contributed by atoms with Gasteiger partial charge in [0, 0.05) is 12.5 Å². The Morgan fingerprint density at radius 3 is 2.45 bits per heavy atom. The monoisotopic (exact) mass is 161 g/mol. The molecule has 4 heteroatoms. The Labute approximate surface area is 66.2 Å². The molecule has 0 rings (SSSR count). The molecule has 0 aromatic rings. The smallest absolute Gasteiger partial charge is 0.404 e. The van der Waals surface area contributed by atoms with Gasteiger partial charge in [0.1, 0.15) is 0 Å². The van der Waals surface area contributed by atoms with Crippen molar-refractivity contribution in [2.24, 2.45) is 5.92 Å². The van der Waals surface area contributed by atoms with Gasteiger partial charge in [-0.1, -0.05) is 6.92 Å². The molecule has 1 amide bonds. The van der Waals surface area contributed by atoms with Gasteiger partial charge < -0.3 is 15.5 Å². The molecular weight excluding hydrogens is 146 g/mol. The van der Waals surface area contributed by atoms with Gasteiger partial charge >= 0.3 is 6.09 Å². The third-order valence-electron chi connectivity index (χ3n) is 1.72. The third-order valence-corrected chi connectivity index (χ3v) is 1.72. The summed E-state index contributed by atoms with van der Waals surface area (Å²) in [5.41, 5.74) is 0. The number of hydrogen-bond donors (Lipinski definition) is 3. The van der Waals surface area contributed by atoms with Crippen LogP contribution in [0, 0.1) is 5.92 Å². The van der Waals surface area contributed by atoms with Crippen molar-refractivity contribution in [1.82, 2.24) is 5.32 Å². The molecule has 1 unspecified atom stereocenters. The van der Waals surface area contributed by atoms with Crippen molar-refractivity contribution in [3.8, 4) is 0 Å². The molecule has 66 valence electrons. The number of nitrogens with one attached hydrogen (secondary N) is 1. The first-order valence-electron chi connectivity index (χ1n) is 3.72. The summed E-state index contributed by atoms with van der Waals surface area (Å²) in [7, 11) is 0. The molecular formula is C7H15NO3. The van der Waals surface area contributed by atoms with Crippen LogP contribution in [0.4, 0.5) is 4.79 Å². The van der Waals surface area contributed by atoms with Crippen LogP contribution < -0.4 is 5.32 Å². The van der Waals surface area contributed by atoms with E-state index in [1.54, 1.807) is 6.92 Å². The standard InChI is InChI=1S/C7H15NO3/c1-3-6(5(2)9)4-8-7(10)11/h5-6,8-9H,3-4H2,1-2H3,(H,10,11)/t5?,6-/m0/s1. The van der Waals surface area contributed by atoms with Gasteiger partial charge in [0.25, 0.3) is 0 Å². The molecule has 0 bridgehead atoms. The minimum Gasteiger partial charge on any atom is -0.465 e. The zero-order valence-corrected chi connectivity index (χ0v) is 6.87. The Bertz CT molecular complexity index is 125. The highest BCUT2D eigenvalue weighted by Gasteiger charge is 2.12. The zero-order chi connectivity index (χ0) is 8.85. The maximum Gasteiger partial charge on any atom is 0.404 e. The van der Waals surface area contributed by atoms with Crippen LogP contribution in [0.2, 0.25) is 0 Å². The SMILES string of the molecule is CC[C@@H](CNC(=O)O)C(C)O. The number of hydrogen-bond acceptors (Lipinski definition) is 2. The van der Waals surface area contributed by atoms with Crippen LogP contribution in [0.15, 0.2) is 0 Å². The summed E-state index contributed by atoms with van der Waals surface area (Å²) in [6, 6.07) is 0. The molecule has 0 fully saturated rings. The van der Waals surface area contributed by atoms with Crippen molar-refractivity contribution < 1.29 is 15.0 Å². The summed E-state index contributed by atoms with van der Waals surface area (Å²) >= 11 is 0. The van der Waals surface area contributed by atoms with Crippen molar-refractivity contribution in [1.29, 1.82) is 0 Å². The number of rotatable bonds is 4. The predicted octanol–water partition coefficient (Wildman–Crippen LogP) is 0.661. The lowest BCUT2D eigenvalue weighted by molar-refractivity contribution is 0.120. The molecule has 0 saturated heterocycles. The maximum atomic E-state index is 10.0. The number of aliphatic hydroxyl groups is 1. The fourth-order valence-electron chi connectivity index (χ4n) is 0.874. The molecule has 0 aliphatic rings. The Morgan fingerprint density at radius 1 is 1.64 bits per heavy atom. The molecule has 0 aliphatic carbocycles. The Morgan fingerprint density at radius 2 is 2.18 bits per heavy atom. The molecule has 0 aliphatic heterocycles. The van der Waals surface area contributed by atoms with E-state index < -0.39 is 12.2 Å². The minimum absolute atomic E-state index is 0.0195. The van der Waals surface area contributed by atoms with Crippen LogP contribution >= 0.6 is 0 Å². The molecule has 2 atom stereocenters. The highest BCUT2D eigenvalue weighted by Crippen LogP contribution is 2.06. The average Bonchev–Trinajstić information content (AvgIpc) is 1.87. The lowest BCUT2D eigenvalue weighted by Gasteiger charge is -2.16. The average molecular weight is 161 g/mol. The second-order valence-corrected chi connectivity index (χ2v) is 2.59. The molecule has 0 heterocycles. The van der Waals surface area contributed by atoms with E-state index in [0.29, 0.717) is 6.54 Å². The Hall–Kier alpha value is -0.770. The quantitative estimate of drug-likeness (QED) is 0.567. The van der Waals surface area contributed by atoms with Gasteiger partial charge in [0.05, 0.1) is 6.10 Å². The first kappa shape index (κ1) is 10.2. The van der Waals surface area contributed by atoms with E-state index in [2.05, 4.69) is 5.32 Å². The van der Waals surface area contributed by atoms with Gasteiger partial charge in [-0.3, -0.25) is 0 Å². The Balaban J connectivity index is 3.61. The van der Waals surface area contributed by atoms with Crippen LogP contribution in [-0.4, -0.2) is 29.0 Å². The minimum atomic E-state index is -1.04. The van der Waals surface area contributed by atoms with Gasteiger partial charge in [-0.25, -0.2) is 4.79 Å². The van der Waals surface area contributed by atoms with Crippen LogP contribution in [0.5, 0.6) is 0 Å². The second-order valence-electron chi connectivity index (χ2n) is 2.59. The number of amides is 1. The van der Waals surface area contributed by atoms with Crippen molar-refractivity contribution in [3.63, 3.8) is 0 Å². The largest absolute Gasteiger partial charge is 0.465 e. The highest BCUT2D eigenvalue weighted by molar-refractivity contribution is 5.64. The fourth-order valence-corrected chi connectivity index (χ4v) is 0.874.